The number of likely N-dealkylation sites (N-methyl/N-ethyl adjacent to an activating group) is 2. The Morgan fingerprint density at radius 2 is 1.24 bits per heavy atom. The summed E-state index contributed by atoms with van der Waals surface area (Å²) >= 11 is 0. The first kappa shape index (κ1) is 97.4. The van der Waals surface area contributed by atoms with Crippen LogP contribution in [0.3, 0.4) is 0 Å². The summed E-state index contributed by atoms with van der Waals surface area (Å²) in [7, 11) is 9.67. The van der Waals surface area contributed by atoms with Crippen LogP contribution in [0.2, 0.25) is 0 Å². The molecule has 1 saturated heterocycles. The lowest BCUT2D eigenvalue weighted by Crippen LogP contribution is -2.59. The van der Waals surface area contributed by atoms with E-state index in [4.69, 9.17) is 28.4 Å². The Kier molecular flexibility index (Phi) is 45.9. The van der Waals surface area contributed by atoms with Gasteiger partial charge in [0.15, 0.2) is 0 Å². The molecule has 1 aliphatic rings. The molecule has 1 aliphatic heterocycles. The van der Waals surface area contributed by atoms with Crippen molar-refractivity contribution in [3.63, 3.8) is 0 Å². The second kappa shape index (κ2) is 50.9. The van der Waals surface area contributed by atoms with Gasteiger partial charge in [0.2, 0.25) is 65.0 Å². The quantitative estimate of drug-likeness (QED) is 0.0319. The summed E-state index contributed by atoms with van der Waals surface area (Å²) in [6.07, 6.45) is -2.21. The summed E-state index contributed by atoms with van der Waals surface area (Å²) in [4.78, 5) is 190. The fraction of sp³-hybridized carbons (Fsp3) is 0.730. The highest BCUT2D eigenvalue weighted by atomic mass is 16.6. The smallest absolute Gasteiger partial charge is 0.407 e. The number of rotatable bonds is 50. The van der Waals surface area contributed by atoms with Crippen molar-refractivity contribution in [3.05, 3.63) is 35.9 Å². The van der Waals surface area contributed by atoms with Gasteiger partial charge in [-0.1, -0.05) is 113 Å². The molecule has 0 aliphatic carbocycles. The van der Waals surface area contributed by atoms with Crippen LogP contribution in [-0.2, 0) is 97.2 Å². The third-order valence-corrected chi connectivity index (χ3v) is 17.9. The van der Waals surface area contributed by atoms with E-state index >= 15 is 0 Å². The highest BCUT2D eigenvalue weighted by Gasteiger charge is 2.44. The number of alkyl carbamates (subject to hydrolysis) is 1. The predicted octanol–water partition coefficient (Wildman–Crippen LogP) is 0.950. The van der Waals surface area contributed by atoms with Gasteiger partial charge >= 0.3 is 18.0 Å². The van der Waals surface area contributed by atoms with Crippen LogP contribution in [0.5, 0.6) is 0 Å². The first-order valence-corrected chi connectivity index (χ1v) is 36.7. The molecular formula is C74H127N13O21. The van der Waals surface area contributed by atoms with E-state index in [0.717, 1.165) is 5.56 Å². The monoisotopic (exact) mass is 1530 g/mol. The van der Waals surface area contributed by atoms with Crippen molar-refractivity contribution < 1.29 is 101 Å². The fourth-order valence-corrected chi connectivity index (χ4v) is 12.0. The number of benzene rings is 1. The molecule has 12 amide bonds. The highest BCUT2D eigenvalue weighted by Crippen LogP contribution is 2.30. The molecule has 34 heteroatoms. The van der Waals surface area contributed by atoms with Crippen molar-refractivity contribution in [3.8, 4) is 0 Å². The number of nitrogens with zero attached hydrogens (tertiary/aromatic N) is 3. The third kappa shape index (κ3) is 36.1. The Hall–Kier alpha value is -8.60. The molecule has 0 bridgehead atoms. The number of nitrogens with one attached hydrogen (secondary N) is 10. The second-order valence-electron chi connectivity index (χ2n) is 28.9. The number of likely N-dealkylation sites (tertiary alicyclic amines) is 1. The normalized spacial score (nSPS) is 15.8. The summed E-state index contributed by atoms with van der Waals surface area (Å²) in [5, 5.41) is 35.1. The van der Waals surface area contributed by atoms with Crippen molar-refractivity contribution in [1.82, 2.24) is 67.9 Å². The van der Waals surface area contributed by atoms with Crippen LogP contribution in [0.4, 0.5) is 4.79 Å². The minimum absolute atomic E-state index is 0. The van der Waals surface area contributed by atoms with E-state index in [2.05, 4.69) is 53.2 Å². The van der Waals surface area contributed by atoms with Gasteiger partial charge in [-0.05, 0) is 69.0 Å². The van der Waals surface area contributed by atoms with Crippen molar-refractivity contribution in [2.75, 3.05) is 115 Å². The van der Waals surface area contributed by atoms with Gasteiger partial charge in [-0.15, -0.1) is 0 Å². The zero-order chi connectivity index (χ0) is 80.7. The van der Waals surface area contributed by atoms with Crippen LogP contribution in [0, 0.1) is 29.1 Å². The molecule has 0 radical (unpaired) electrons. The largest absolute Gasteiger partial charge is 0.480 e. The van der Waals surface area contributed by atoms with Crippen molar-refractivity contribution in [1.29, 1.82) is 0 Å². The zero-order valence-electron chi connectivity index (χ0n) is 65.8. The number of carboxylic acids is 1. The van der Waals surface area contributed by atoms with Gasteiger partial charge in [0.25, 0.3) is 0 Å². The van der Waals surface area contributed by atoms with Crippen molar-refractivity contribution in [2.24, 2.45) is 29.1 Å². The van der Waals surface area contributed by atoms with Gasteiger partial charge in [0.1, 0.15) is 36.8 Å². The molecule has 1 aromatic carbocycles. The number of hydrogen-bond acceptors (Lipinski definition) is 21. The van der Waals surface area contributed by atoms with Gasteiger partial charge in [-0.2, -0.15) is 0 Å². The first-order valence-electron chi connectivity index (χ1n) is 36.7. The lowest BCUT2D eigenvalue weighted by molar-refractivity contribution is -0.148. The predicted molar refractivity (Wildman–Crippen MR) is 401 cm³/mol. The number of carbonyl (C=O) groups is 14. The lowest BCUT2D eigenvalue weighted by Gasteiger charge is -2.41. The second-order valence-corrected chi connectivity index (χ2v) is 28.9. The average molecular weight is 1530 g/mol. The number of hydrogen-bond donors (Lipinski definition) is 11. The van der Waals surface area contributed by atoms with Gasteiger partial charge in [-0.25, -0.2) is 14.4 Å². The van der Waals surface area contributed by atoms with Crippen LogP contribution in [-0.4, -0.2) is 278 Å². The molecule has 614 valence electrons. The summed E-state index contributed by atoms with van der Waals surface area (Å²) in [6.45, 7) is 19.8. The van der Waals surface area contributed by atoms with Gasteiger partial charge in [0.05, 0.1) is 82.1 Å². The van der Waals surface area contributed by atoms with Crippen molar-refractivity contribution in [2.45, 2.75) is 208 Å². The SMILES string of the molecule is C.CC[C@H](C)[C@@H]([C@@H](CC(=O)N1CCC[C@H]1[C@H](OC)[C@@H](C)C(=O)N[C@@H](Cc1ccccc1)C(=O)NCCCOC(=O)C(C)NC(=O)CC(NC(=O)CCNC(=O)OCC(NC(=O)CNC(=O)CCNC(=O)CCOCC(C)(C)C)C(=O)NCCOC)C(=O)O)OC)N(C)C(=O)[C@H](NC(=O)[C@H](C(C)C)N(C)C)C(C)C. The zero-order valence-corrected chi connectivity index (χ0v) is 65.8. The lowest BCUT2D eigenvalue weighted by atomic mass is 9.89. The number of esters is 1. The maximum Gasteiger partial charge on any atom is 0.407 e. The van der Waals surface area contributed by atoms with E-state index < -0.39 is 158 Å². The number of carboxylic acid groups (broad SMARTS) is 1. The molecule has 1 heterocycles. The maximum atomic E-state index is 14.6. The average Bonchev–Trinajstić information content (AvgIpc) is 1.33. The van der Waals surface area contributed by atoms with Gasteiger partial charge in [-0.3, -0.25) is 57.6 Å². The van der Waals surface area contributed by atoms with Gasteiger partial charge < -0.3 is 96.5 Å². The summed E-state index contributed by atoms with van der Waals surface area (Å²) < 4.78 is 32.9. The standard InChI is InChI=1S/C73H123N13O21.CH4/c1-18-46(6)63(85(14)69(97)61(44(2)3)83-68(96)62(45(4)5)84(12)13)54(103-16)40-60(92)86-34-22-26-53(86)64(104-17)47(7)65(93)82-50(38-49-24-20-19-21-25-49)66(94)75-30-23-35-106-71(100)48(8)79-58(90)39-51(70(98)99)80-57(89)28-32-77-72(101)107-42-52(67(95)76-33-37-102-15)81-59(91)41-78-55(87)27-31-74-56(88)29-36-105-43-73(9,10)11;/h19-21,24-25,44-48,50-54,61-64H,18,22-23,26-43H2,1-17H3,(H,74,88)(H,75,94)(H,76,95)(H,77,101)(H,78,87)(H,79,90)(H,80,89)(H,81,91)(H,82,93)(H,83,96)(H,98,99);1H4/t46-,47+,48?,50-,51?,52?,53-,54+,61+,62-,63-,64+;/m0./s1. The Labute approximate surface area is 637 Å². The molecule has 0 aromatic heterocycles. The molecule has 1 aromatic rings. The minimum atomic E-state index is -1.78. The van der Waals surface area contributed by atoms with Crippen LogP contribution < -0.4 is 53.2 Å². The first-order chi connectivity index (χ1) is 50.4. The maximum absolute atomic E-state index is 14.6. The Balaban J connectivity index is 0.0000583. The summed E-state index contributed by atoms with van der Waals surface area (Å²) in [5.41, 5.74) is 0.675. The molecule has 12 atom stereocenters. The fourth-order valence-electron chi connectivity index (χ4n) is 12.0. The van der Waals surface area contributed by atoms with E-state index in [-0.39, 0.29) is 126 Å². The topological polar surface area (TPSA) is 445 Å². The van der Waals surface area contributed by atoms with Gasteiger partial charge in [0, 0.05) is 86.8 Å². The van der Waals surface area contributed by atoms with E-state index in [1.54, 1.807) is 54.1 Å². The van der Waals surface area contributed by atoms with Crippen LogP contribution >= 0.6 is 0 Å². The van der Waals surface area contributed by atoms with Crippen LogP contribution in [0.1, 0.15) is 147 Å². The van der Waals surface area contributed by atoms with E-state index in [9.17, 15) is 72.2 Å². The molecule has 0 saturated carbocycles. The summed E-state index contributed by atoms with van der Waals surface area (Å²) in [6, 6.07) is 0.946. The summed E-state index contributed by atoms with van der Waals surface area (Å²) in [5.74, 6) is -10.0. The van der Waals surface area contributed by atoms with E-state index in [1.807, 2.05) is 81.3 Å². The van der Waals surface area contributed by atoms with E-state index in [1.165, 1.54) is 28.3 Å². The molecule has 0 spiro atoms. The number of amides is 12. The molecule has 3 unspecified atom stereocenters. The molecule has 108 heavy (non-hydrogen) atoms. The van der Waals surface area contributed by atoms with Crippen LogP contribution in [0.15, 0.2) is 30.3 Å². The Bertz CT molecular complexity index is 3020. The molecule has 11 N–H and O–H groups in total. The Morgan fingerprint density at radius 3 is 1.83 bits per heavy atom. The number of aliphatic carboxylic acids is 1. The molecular weight excluding hydrogens is 1410 g/mol. The minimum Gasteiger partial charge on any atom is -0.480 e. The third-order valence-electron chi connectivity index (χ3n) is 17.9. The number of ether oxygens (including phenoxy) is 6. The number of carbonyl (C=O) groups excluding carboxylic acids is 13. The van der Waals surface area contributed by atoms with E-state index in [0.29, 0.717) is 32.4 Å². The molecule has 34 nitrogen and oxygen atoms in total. The number of methoxy groups -OCH3 is 3. The Morgan fingerprint density at radius 1 is 0.620 bits per heavy atom. The molecule has 1 fully saturated rings. The van der Waals surface area contributed by atoms with Crippen LogP contribution in [0.25, 0.3) is 0 Å². The highest BCUT2D eigenvalue weighted by molar-refractivity contribution is 5.93. The van der Waals surface area contributed by atoms with Crippen molar-refractivity contribution >= 4 is 83.0 Å². The molecule has 2 rings (SSSR count).